The lowest BCUT2D eigenvalue weighted by Crippen LogP contribution is -2.22. The molecule has 1 amide bonds. The van der Waals surface area contributed by atoms with E-state index in [9.17, 15) is 4.79 Å². The molecule has 1 aromatic carbocycles. The number of aromatic nitrogens is 3. The highest BCUT2D eigenvalue weighted by atomic mass is 79.9. The quantitative estimate of drug-likeness (QED) is 0.715. The Morgan fingerprint density at radius 3 is 2.56 bits per heavy atom. The molecule has 0 aliphatic rings. The maximum absolute atomic E-state index is 12.3. The lowest BCUT2D eigenvalue weighted by atomic mass is 10.2. The largest absolute Gasteiger partial charge is 0.363 e. The first kappa shape index (κ1) is 17.2. The number of anilines is 1. The monoisotopic (exact) mass is 399 g/mol. The van der Waals surface area contributed by atoms with Gasteiger partial charge in [-0.05, 0) is 35.9 Å². The Bertz CT molecular complexity index is 856. The molecule has 128 valence electrons. The Morgan fingerprint density at radius 1 is 1.16 bits per heavy atom. The summed E-state index contributed by atoms with van der Waals surface area (Å²) >= 11 is 3.40. The summed E-state index contributed by atoms with van der Waals surface area (Å²) in [6.45, 7) is 0.420. The van der Waals surface area contributed by atoms with Crippen molar-refractivity contribution in [3.05, 3.63) is 70.6 Å². The SMILES string of the molecule is CN(C)c1ccc(CNC(=O)c2cnn(-c3ccc(Br)cc3)c2)cn1. The Kier molecular flexibility index (Phi) is 5.14. The molecule has 0 saturated heterocycles. The number of pyridine rings is 1. The second kappa shape index (κ2) is 7.48. The second-order valence-electron chi connectivity index (χ2n) is 5.75. The summed E-state index contributed by atoms with van der Waals surface area (Å²) in [5.74, 6) is 0.714. The number of rotatable bonds is 5. The molecule has 0 fully saturated rings. The molecule has 7 heteroatoms. The van der Waals surface area contributed by atoms with Crippen LogP contribution in [0.5, 0.6) is 0 Å². The van der Waals surface area contributed by atoms with Crippen LogP contribution in [-0.2, 0) is 6.54 Å². The number of halogens is 1. The van der Waals surface area contributed by atoms with Gasteiger partial charge in [0.15, 0.2) is 0 Å². The Hall–Kier alpha value is -2.67. The van der Waals surface area contributed by atoms with Crippen LogP contribution in [0.1, 0.15) is 15.9 Å². The van der Waals surface area contributed by atoms with Gasteiger partial charge in [0.2, 0.25) is 0 Å². The second-order valence-corrected chi connectivity index (χ2v) is 6.67. The van der Waals surface area contributed by atoms with E-state index in [0.29, 0.717) is 12.1 Å². The van der Waals surface area contributed by atoms with E-state index in [-0.39, 0.29) is 5.91 Å². The zero-order valence-corrected chi connectivity index (χ0v) is 15.6. The Labute approximate surface area is 154 Å². The first-order valence-electron chi connectivity index (χ1n) is 7.74. The normalized spacial score (nSPS) is 10.5. The van der Waals surface area contributed by atoms with Crippen molar-refractivity contribution in [1.82, 2.24) is 20.1 Å². The molecule has 2 aromatic heterocycles. The van der Waals surface area contributed by atoms with Crippen LogP contribution in [-0.4, -0.2) is 34.8 Å². The third-order valence-electron chi connectivity index (χ3n) is 3.66. The van der Waals surface area contributed by atoms with Gasteiger partial charge in [0.25, 0.3) is 5.91 Å². The minimum atomic E-state index is -0.167. The van der Waals surface area contributed by atoms with E-state index in [1.54, 1.807) is 23.3 Å². The predicted molar refractivity (Wildman–Crippen MR) is 101 cm³/mol. The summed E-state index contributed by atoms with van der Waals surface area (Å²) in [5.41, 5.74) is 2.35. The Balaban J connectivity index is 1.63. The average Bonchev–Trinajstić information content (AvgIpc) is 3.11. The van der Waals surface area contributed by atoms with Gasteiger partial charge in [0, 0.05) is 37.5 Å². The number of nitrogens with one attached hydrogen (secondary N) is 1. The highest BCUT2D eigenvalue weighted by molar-refractivity contribution is 9.10. The minimum Gasteiger partial charge on any atom is -0.363 e. The van der Waals surface area contributed by atoms with Gasteiger partial charge in [-0.2, -0.15) is 5.10 Å². The topological polar surface area (TPSA) is 63.1 Å². The molecule has 0 bridgehead atoms. The van der Waals surface area contributed by atoms with Crippen molar-refractivity contribution >= 4 is 27.7 Å². The number of benzene rings is 1. The lowest BCUT2D eigenvalue weighted by molar-refractivity contribution is 0.0951. The number of hydrogen-bond donors (Lipinski definition) is 1. The van der Waals surface area contributed by atoms with Gasteiger partial charge in [-0.3, -0.25) is 4.79 Å². The zero-order valence-electron chi connectivity index (χ0n) is 14.0. The van der Waals surface area contributed by atoms with Gasteiger partial charge in [0.1, 0.15) is 5.82 Å². The summed E-state index contributed by atoms with van der Waals surface area (Å²) in [7, 11) is 3.87. The molecule has 25 heavy (non-hydrogen) atoms. The van der Waals surface area contributed by atoms with Crippen molar-refractivity contribution in [2.75, 3.05) is 19.0 Å². The van der Waals surface area contributed by atoms with Crippen molar-refractivity contribution in [3.63, 3.8) is 0 Å². The molecule has 0 spiro atoms. The van der Waals surface area contributed by atoms with Crippen LogP contribution in [0.25, 0.3) is 5.69 Å². The van der Waals surface area contributed by atoms with E-state index in [0.717, 1.165) is 21.5 Å². The maximum atomic E-state index is 12.3. The third-order valence-corrected chi connectivity index (χ3v) is 4.19. The van der Waals surface area contributed by atoms with Crippen molar-refractivity contribution in [1.29, 1.82) is 0 Å². The van der Waals surface area contributed by atoms with Gasteiger partial charge in [0.05, 0.1) is 17.4 Å². The number of amides is 1. The number of nitrogens with zero attached hydrogens (tertiary/aromatic N) is 4. The smallest absolute Gasteiger partial charge is 0.254 e. The molecule has 0 aliphatic heterocycles. The highest BCUT2D eigenvalue weighted by Gasteiger charge is 2.09. The standard InChI is InChI=1S/C18H18BrN5O/c1-23(2)17-8-3-13(9-20-17)10-21-18(25)14-11-22-24(12-14)16-6-4-15(19)5-7-16/h3-9,11-12H,10H2,1-2H3,(H,21,25). The van der Waals surface area contributed by atoms with E-state index < -0.39 is 0 Å². The molecule has 0 saturated carbocycles. The average molecular weight is 400 g/mol. The maximum Gasteiger partial charge on any atom is 0.254 e. The van der Waals surface area contributed by atoms with Gasteiger partial charge in [-0.25, -0.2) is 9.67 Å². The van der Waals surface area contributed by atoms with Crippen LogP contribution in [0, 0.1) is 0 Å². The lowest BCUT2D eigenvalue weighted by Gasteiger charge is -2.11. The highest BCUT2D eigenvalue weighted by Crippen LogP contribution is 2.14. The van der Waals surface area contributed by atoms with Crippen molar-refractivity contribution in [2.45, 2.75) is 6.54 Å². The molecule has 0 unspecified atom stereocenters. The Morgan fingerprint density at radius 2 is 1.92 bits per heavy atom. The van der Waals surface area contributed by atoms with E-state index in [4.69, 9.17) is 0 Å². The fraction of sp³-hybridized carbons (Fsp3) is 0.167. The third kappa shape index (κ3) is 4.24. The van der Waals surface area contributed by atoms with Crippen LogP contribution < -0.4 is 10.2 Å². The van der Waals surface area contributed by atoms with Gasteiger partial charge < -0.3 is 10.2 Å². The van der Waals surface area contributed by atoms with Crippen LogP contribution in [0.2, 0.25) is 0 Å². The number of hydrogen-bond acceptors (Lipinski definition) is 4. The zero-order chi connectivity index (χ0) is 17.8. The molecule has 3 rings (SSSR count). The summed E-state index contributed by atoms with van der Waals surface area (Å²) < 4.78 is 2.67. The summed E-state index contributed by atoms with van der Waals surface area (Å²) in [6, 6.07) is 11.6. The fourth-order valence-electron chi connectivity index (χ4n) is 2.25. The van der Waals surface area contributed by atoms with E-state index in [1.807, 2.05) is 55.4 Å². The number of carbonyl (C=O) groups is 1. The molecule has 2 heterocycles. The van der Waals surface area contributed by atoms with Crippen LogP contribution in [0.4, 0.5) is 5.82 Å². The molecule has 3 aromatic rings. The van der Waals surface area contributed by atoms with Crippen LogP contribution >= 0.6 is 15.9 Å². The van der Waals surface area contributed by atoms with E-state index in [2.05, 4.69) is 31.3 Å². The summed E-state index contributed by atoms with van der Waals surface area (Å²) in [6.07, 6.45) is 5.04. The molecular formula is C18H18BrN5O. The van der Waals surface area contributed by atoms with Crippen molar-refractivity contribution in [3.8, 4) is 5.69 Å². The first-order valence-corrected chi connectivity index (χ1v) is 8.53. The molecular weight excluding hydrogens is 382 g/mol. The van der Waals surface area contributed by atoms with Gasteiger partial charge >= 0.3 is 0 Å². The van der Waals surface area contributed by atoms with E-state index in [1.165, 1.54) is 0 Å². The van der Waals surface area contributed by atoms with Crippen molar-refractivity contribution in [2.24, 2.45) is 0 Å². The summed E-state index contributed by atoms with van der Waals surface area (Å²) in [5, 5.41) is 7.13. The molecule has 1 N–H and O–H groups in total. The van der Waals surface area contributed by atoms with E-state index >= 15 is 0 Å². The first-order chi connectivity index (χ1) is 12.0. The minimum absolute atomic E-state index is 0.167. The predicted octanol–water partition coefficient (Wildman–Crippen LogP) is 3.03. The van der Waals surface area contributed by atoms with Crippen molar-refractivity contribution < 1.29 is 4.79 Å². The molecule has 6 nitrogen and oxygen atoms in total. The van der Waals surface area contributed by atoms with Crippen LogP contribution in [0.15, 0.2) is 59.5 Å². The fourth-order valence-corrected chi connectivity index (χ4v) is 2.51. The van der Waals surface area contributed by atoms with Gasteiger partial charge in [-0.15, -0.1) is 0 Å². The van der Waals surface area contributed by atoms with Gasteiger partial charge in [-0.1, -0.05) is 22.0 Å². The number of carbonyl (C=O) groups excluding carboxylic acids is 1. The molecule has 0 aliphatic carbocycles. The molecule has 0 radical (unpaired) electrons. The van der Waals surface area contributed by atoms with Crippen LogP contribution in [0.3, 0.4) is 0 Å². The molecule has 0 atom stereocenters. The summed E-state index contributed by atoms with van der Waals surface area (Å²) in [4.78, 5) is 18.6.